The van der Waals surface area contributed by atoms with E-state index in [4.69, 9.17) is 4.55 Å². The molecular weight excluding hydrogens is 382 g/mol. The predicted molar refractivity (Wildman–Crippen MR) is 106 cm³/mol. The number of rotatable bonds is 4. The van der Waals surface area contributed by atoms with E-state index in [0.29, 0.717) is 28.4 Å². The summed E-state index contributed by atoms with van der Waals surface area (Å²) in [5.41, 5.74) is 2.75. The molecular formula is C18H14BFN4O3S. The Kier molecular flexibility index (Phi) is 4.36. The number of hydrogen-bond donors (Lipinski definition) is 2. The Labute approximate surface area is 161 Å². The van der Waals surface area contributed by atoms with Crippen LogP contribution in [-0.4, -0.2) is 35.4 Å². The number of fused-ring (bicyclic) bond motifs is 1. The Bertz CT molecular complexity index is 1290. The highest BCUT2D eigenvalue weighted by Gasteiger charge is 2.14. The summed E-state index contributed by atoms with van der Waals surface area (Å²) in [5, 5.41) is 7.42. The Balaban J connectivity index is 1.81. The molecule has 0 fully saturated rings. The molecule has 7 nitrogen and oxygen atoms in total. The maximum absolute atomic E-state index is 14.3. The summed E-state index contributed by atoms with van der Waals surface area (Å²) in [4.78, 5) is 4.31. The quantitative estimate of drug-likeness (QED) is 0.403. The smallest absolute Gasteiger partial charge is 0.294 e. The fourth-order valence-corrected chi connectivity index (χ4v) is 3.31. The highest BCUT2D eigenvalue weighted by molar-refractivity contribution is 7.85. The molecule has 28 heavy (non-hydrogen) atoms. The van der Waals surface area contributed by atoms with Gasteiger partial charge in [0.2, 0.25) is 0 Å². The third kappa shape index (κ3) is 3.35. The third-order valence-corrected chi connectivity index (χ3v) is 5.09. The fraction of sp³-hybridized carbons (Fsp3) is 0. The molecule has 0 aliphatic heterocycles. The van der Waals surface area contributed by atoms with E-state index in [9.17, 15) is 12.8 Å². The lowest BCUT2D eigenvalue weighted by molar-refractivity contribution is 0.483. The van der Waals surface area contributed by atoms with Gasteiger partial charge in [-0.05, 0) is 41.9 Å². The Hall–Kier alpha value is -3.24. The highest BCUT2D eigenvalue weighted by atomic mass is 32.2. The molecule has 0 atom stereocenters. The SMILES string of the molecule is Bc1cnn2c(Nc3ccc(S(=O)(=O)O)cc3)cc(-c3ccccc3F)nc12. The van der Waals surface area contributed by atoms with Crippen LogP contribution in [0.25, 0.3) is 16.9 Å². The molecule has 0 bridgehead atoms. The summed E-state index contributed by atoms with van der Waals surface area (Å²) in [7, 11) is -2.42. The van der Waals surface area contributed by atoms with Crippen molar-refractivity contribution in [3.05, 3.63) is 66.6 Å². The van der Waals surface area contributed by atoms with Gasteiger partial charge in [-0.2, -0.15) is 18.0 Å². The van der Waals surface area contributed by atoms with Crippen molar-refractivity contribution in [3.8, 4) is 11.3 Å². The molecule has 4 aromatic rings. The average molecular weight is 396 g/mol. The summed E-state index contributed by atoms with van der Waals surface area (Å²) >= 11 is 0. The lowest BCUT2D eigenvalue weighted by Crippen LogP contribution is -2.07. The van der Waals surface area contributed by atoms with Crippen LogP contribution in [0.3, 0.4) is 0 Å². The Morgan fingerprint density at radius 3 is 2.50 bits per heavy atom. The maximum Gasteiger partial charge on any atom is 0.294 e. The van der Waals surface area contributed by atoms with Crippen LogP contribution in [0.1, 0.15) is 0 Å². The van der Waals surface area contributed by atoms with Crippen molar-refractivity contribution >= 4 is 40.6 Å². The normalized spacial score (nSPS) is 11.6. The molecule has 0 saturated heterocycles. The highest BCUT2D eigenvalue weighted by Crippen LogP contribution is 2.26. The van der Waals surface area contributed by atoms with Crippen LogP contribution < -0.4 is 10.8 Å². The van der Waals surface area contributed by atoms with E-state index in [1.165, 1.54) is 30.3 Å². The van der Waals surface area contributed by atoms with E-state index < -0.39 is 10.1 Å². The number of anilines is 2. The lowest BCUT2D eigenvalue weighted by atomic mass is 10.0. The second kappa shape index (κ2) is 6.73. The van der Waals surface area contributed by atoms with Gasteiger partial charge in [-0.25, -0.2) is 9.37 Å². The monoisotopic (exact) mass is 396 g/mol. The number of aromatic nitrogens is 3. The van der Waals surface area contributed by atoms with Gasteiger partial charge in [-0.1, -0.05) is 12.1 Å². The molecule has 2 aromatic heterocycles. The van der Waals surface area contributed by atoms with E-state index in [1.807, 2.05) is 7.85 Å². The second-order valence-corrected chi connectivity index (χ2v) is 7.62. The first-order valence-corrected chi connectivity index (χ1v) is 9.72. The minimum Gasteiger partial charge on any atom is -0.340 e. The minimum absolute atomic E-state index is 0.208. The molecule has 0 radical (unpaired) electrons. The van der Waals surface area contributed by atoms with E-state index >= 15 is 0 Å². The Morgan fingerprint density at radius 1 is 1.11 bits per heavy atom. The van der Waals surface area contributed by atoms with Gasteiger partial charge in [0, 0.05) is 23.5 Å². The molecule has 0 saturated carbocycles. The summed E-state index contributed by atoms with van der Waals surface area (Å²) < 4.78 is 47.3. The molecule has 4 rings (SSSR count). The van der Waals surface area contributed by atoms with Crippen molar-refractivity contribution in [3.63, 3.8) is 0 Å². The first-order chi connectivity index (χ1) is 13.3. The zero-order chi connectivity index (χ0) is 19.9. The van der Waals surface area contributed by atoms with Crippen molar-refractivity contribution < 1.29 is 17.4 Å². The molecule has 2 aromatic carbocycles. The number of halogens is 1. The van der Waals surface area contributed by atoms with Crippen LogP contribution in [-0.2, 0) is 10.1 Å². The van der Waals surface area contributed by atoms with Crippen molar-refractivity contribution in [1.29, 1.82) is 0 Å². The number of nitrogens with one attached hydrogen (secondary N) is 1. The molecule has 10 heteroatoms. The van der Waals surface area contributed by atoms with Crippen LogP contribution in [0.2, 0.25) is 0 Å². The number of hydrogen-bond acceptors (Lipinski definition) is 5. The summed E-state index contributed by atoms with van der Waals surface area (Å²) in [6.45, 7) is 0. The van der Waals surface area contributed by atoms with Crippen molar-refractivity contribution in [2.45, 2.75) is 4.90 Å². The van der Waals surface area contributed by atoms with Crippen LogP contribution in [0.15, 0.2) is 65.7 Å². The molecule has 0 aliphatic rings. The van der Waals surface area contributed by atoms with Crippen LogP contribution >= 0.6 is 0 Å². The molecule has 0 spiro atoms. The molecule has 2 heterocycles. The van der Waals surface area contributed by atoms with E-state index in [-0.39, 0.29) is 10.7 Å². The fourth-order valence-electron chi connectivity index (χ4n) is 2.83. The van der Waals surface area contributed by atoms with Gasteiger partial charge >= 0.3 is 0 Å². The van der Waals surface area contributed by atoms with E-state index in [1.54, 1.807) is 35.0 Å². The summed E-state index contributed by atoms with van der Waals surface area (Å²) in [6.07, 6.45) is 1.65. The summed E-state index contributed by atoms with van der Waals surface area (Å²) in [5.74, 6) is 0.135. The van der Waals surface area contributed by atoms with Gasteiger partial charge in [0.15, 0.2) is 5.65 Å². The second-order valence-electron chi connectivity index (χ2n) is 6.19. The molecule has 0 amide bonds. The first kappa shape index (κ1) is 18.1. The molecule has 0 unspecified atom stereocenters. The van der Waals surface area contributed by atoms with Crippen molar-refractivity contribution in [2.24, 2.45) is 0 Å². The first-order valence-electron chi connectivity index (χ1n) is 8.28. The van der Waals surface area contributed by atoms with Crippen LogP contribution in [0.4, 0.5) is 15.9 Å². The van der Waals surface area contributed by atoms with Crippen molar-refractivity contribution in [1.82, 2.24) is 14.6 Å². The standard InChI is InChI=1S/C18H14BFN4O3S/c19-14-10-21-24-17(22-11-5-7-12(8-6-11)28(25,26)27)9-16(23-18(14)24)13-3-1-2-4-15(13)20/h1-10,22H,19H2,(H,25,26,27). The zero-order valence-electron chi connectivity index (χ0n) is 14.7. The van der Waals surface area contributed by atoms with Crippen molar-refractivity contribution in [2.75, 3.05) is 5.32 Å². The van der Waals surface area contributed by atoms with Gasteiger partial charge in [0.25, 0.3) is 10.1 Å². The van der Waals surface area contributed by atoms with Gasteiger partial charge in [0.05, 0.1) is 10.6 Å². The zero-order valence-corrected chi connectivity index (χ0v) is 15.5. The minimum atomic E-state index is -4.27. The van der Waals surface area contributed by atoms with Crippen LogP contribution in [0.5, 0.6) is 0 Å². The van der Waals surface area contributed by atoms with Crippen LogP contribution in [0, 0.1) is 5.82 Å². The van der Waals surface area contributed by atoms with E-state index in [0.717, 1.165) is 5.46 Å². The predicted octanol–water partition coefficient (Wildman–Crippen LogP) is 1.78. The molecule has 140 valence electrons. The van der Waals surface area contributed by atoms with Gasteiger partial charge in [0.1, 0.15) is 19.5 Å². The lowest BCUT2D eigenvalue weighted by Gasteiger charge is -2.12. The maximum atomic E-state index is 14.3. The van der Waals surface area contributed by atoms with Gasteiger partial charge in [-0.15, -0.1) is 0 Å². The topological polar surface area (TPSA) is 96.6 Å². The largest absolute Gasteiger partial charge is 0.340 e. The van der Waals surface area contributed by atoms with Gasteiger partial charge in [-0.3, -0.25) is 4.55 Å². The molecule has 0 aliphatic carbocycles. The third-order valence-electron chi connectivity index (χ3n) is 4.22. The summed E-state index contributed by atoms with van der Waals surface area (Å²) in [6, 6.07) is 13.6. The number of benzene rings is 2. The van der Waals surface area contributed by atoms with Gasteiger partial charge < -0.3 is 5.32 Å². The average Bonchev–Trinajstić information content (AvgIpc) is 3.03. The Morgan fingerprint density at radius 2 is 1.82 bits per heavy atom. The molecule has 2 N–H and O–H groups in total. The number of nitrogens with zero attached hydrogens (tertiary/aromatic N) is 3. The van der Waals surface area contributed by atoms with E-state index in [2.05, 4.69) is 15.4 Å².